The van der Waals surface area contributed by atoms with E-state index >= 15 is 0 Å². The second kappa shape index (κ2) is 11.4. The minimum Gasteiger partial charge on any atom is -0.493 e. The summed E-state index contributed by atoms with van der Waals surface area (Å²) in [5.74, 6) is 0.798. The van der Waals surface area contributed by atoms with E-state index in [1.54, 1.807) is 18.1 Å². The van der Waals surface area contributed by atoms with Crippen molar-refractivity contribution in [3.05, 3.63) is 97.4 Å². The van der Waals surface area contributed by atoms with Gasteiger partial charge in [0.2, 0.25) is 5.76 Å². The zero-order valence-electron chi connectivity index (χ0n) is 23.6. The minimum atomic E-state index is -0.740. The van der Waals surface area contributed by atoms with Gasteiger partial charge in [0.1, 0.15) is 5.58 Å². The predicted octanol–water partition coefficient (Wildman–Crippen LogP) is 8.09. The molecule has 1 aliphatic heterocycles. The van der Waals surface area contributed by atoms with E-state index in [-0.39, 0.29) is 11.2 Å². The summed E-state index contributed by atoms with van der Waals surface area (Å²) in [6.07, 6.45) is 4.39. The number of anilines is 1. The van der Waals surface area contributed by atoms with Crippen LogP contribution in [0.1, 0.15) is 77.0 Å². The fourth-order valence-corrected chi connectivity index (χ4v) is 5.40. The first-order valence-electron chi connectivity index (χ1n) is 13.7. The van der Waals surface area contributed by atoms with Gasteiger partial charge in [-0.2, -0.15) is 0 Å². The highest BCUT2D eigenvalue weighted by atomic mass is 35.5. The summed E-state index contributed by atoms with van der Waals surface area (Å²) < 4.78 is 17.9. The Balaban J connectivity index is 1.66. The Hall–Kier alpha value is -3.77. The molecule has 1 amide bonds. The summed E-state index contributed by atoms with van der Waals surface area (Å²) >= 11 is 6.49. The molecule has 0 N–H and O–H groups in total. The summed E-state index contributed by atoms with van der Waals surface area (Å²) in [4.78, 5) is 29.6. The summed E-state index contributed by atoms with van der Waals surface area (Å²) in [6, 6.07) is 13.9. The lowest BCUT2D eigenvalue weighted by molar-refractivity contribution is 0.0971. The van der Waals surface area contributed by atoms with Crippen molar-refractivity contribution in [1.82, 2.24) is 0 Å². The second-order valence-electron chi connectivity index (χ2n) is 10.4. The van der Waals surface area contributed by atoms with Crippen LogP contribution in [0.3, 0.4) is 0 Å². The van der Waals surface area contributed by atoms with Crippen molar-refractivity contribution in [1.29, 1.82) is 0 Å². The molecule has 1 aromatic heterocycles. The van der Waals surface area contributed by atoms with Crippen molar-refractivity contribution in [3.63, 3.8) is 0 Å². The van der Waals surface area contributed by atoms with E-state index in [0.717, 1.165) is 36.0 Å². The lowest BCUT2D eigenvalue weighted by Crippen LogP contribution is -2.29. The van der Waals surface area contributed by atoms with Crippen molar-refractivity contribution in [2.45, 2.75) is 59.4 Å². The molecule has 1 aliphatic rings. The van der Waals surface area contributed by atoms with Gasteiger partial charge in [-0.25, -0.2) is 0 Å². The van der Waals surface area contributed by atoms with Gasteiger partial charge in [0.25, 0.3) is 5.91 Å². The van der Waals surface area contributed by atoms with Crippen LogP contribution < -0.4 is 19.8 Å². The molecule has 5 rings (SSSR count). The number of carbonyl (C=O) groups is 1. The molecule has 0 saturated heterocycles. The van der Waals surface area contributed by atoms with Crippen molar-refractivity contribution in [3.8, 4) is 11.5 Å². The summed E-state index contributed by atoms with van der Waals surface area (Å²) in [6.45, 7) is 8.57. The van der Waals surface area contributed by atoms with Crippen molar-refractivity contribution >= 4 is 34.2 Å². The molecule has 7 heteroatoms. The smallest absolute Gasteiger partial charge is 0.295 e. The lowest BCUT2D eigenvalue weighted by Gasteiger charge is -2.26. The van der Waals surface area contributed by atoms with Crippen LogP contribution in [0.5, 0.6) is 11.5 Å². The van der Waals surface area contributed by atoms with Gasteiger partial charge >= 0.3 is 0 Å². The number of hydrogen-bond donors (Lipinski definition) is 0. The second-order valence-corrected chi connectivity index (χ2v) is 10.8. The maximum absolute atomic E-state index is 14.0. The van der Waals surface area contributed by atoms with E-state index in [1.807, 2.05) is 63.2 Å². The molecule has 0 spiro atoms. The monoisotopic (exact) mass is 559 g/mol. The first-order valence-corrected chi connectivity index (χ1v) is 14.1. The van der Waals surface area contributed by atoms with Gasteiger partial charge < -0.3 is 13.9 Å². The van der Waals surface area contributed by atoms with Crippen molar-refractivity contribution in [2.24, 2.45) is 0 Å². The highest BCUT2D eigenvalue weighted by molar-refractivity contribution is 6.31. The van der Waals surface area contributed by atoms with Crippen LogP contribution in [-0.2, 0) is 0 Å². The number of unbranched alkanes of at least 4 members (excludes halogenated alkanes) is 3. The van der Waals surface area contributed by atoms with Gasteiger partial charge in [-0.15, -0.1) is 0 Å². The Morgan fingerprint density at radius 2 is 1.68 bits per heavy atom. The molecule has 0 bridgehead atoms. The maximum atomic E-state index is 14.0. The number of benzene rings is 3. The van der Waals surface area contributed by atoms with E-state index < -0.39 is 11.9 Å². The molecule has 6 nitrogen and oxygen atoms in total. The SMILES string of the molecule is CCCCCCOc1ccc(C2c3c(oc4cc(C)c(C)cc4c3=O)C(=O)N2c2ccc(C)c(Cl)c2)cc1OC. The maximum Gasteiger partial charge on any atom is 0.295 e. The number of ether oxygens (including phenoxy) is 2. The van der Waals surface area contributed by atoms with Gasteiger partial charge in [-0.3, -0.25) is 14.5 Å². The highest BCUT2D eigenvalue weighted by Gasteiger charge is 2.44. The van der Waals surface area contributed by atoms with Crippen LogP contribution in [0.2, 0.25) is 5.02 Å². The Labute approximate surface area is 239 Å². The minimum absolute atomic E-state index is 0.0395. The normalized spacial score (nSPS) is 14.6. The largest absolute Gasteiger partial charge is 0.493 e. The quantitative estimate of drug-likeness (QED) is 0.194. The average Bonchev–Trinajstić information content (AvgIpc) is 3.23. The number of methoxy groups -OCH3 is 1. The molecule has 0 aliphatic carbocycles. The van der Waals surface area contributed by atoms with E-state index in [9.17, 15) is 9.59 Å². The van der Waals surface area contributed by atoms with E-state index in [0.29, 0.717) is 50.9 Å². The highest BCUT2D eigenvalue weighted by Crippen LogP contribution is 2.44. The zero-order valence-corrected chi connectivity index (χ0v) is 24.4. The van der Waals surface area contributed by atoms with Crippen LogP contribution in [0.25, 0.3) is 11.0 Å². The Morgan fingerprint density at radius 1 is 0.900 bits per heavy atom. The van der Waals surface area contributed by atoms with Gasteiger partial charge in [-0.05, 0) is 85.8 Å². The topological polar surface area (TPSA) is 69.0 Å². The molecule has 0 radical (unpaired) electrons. The van der Waals surface area contributed by atoms with E-state index in [4.69, 9.17) is 25.5 Å². The molecule has 4 aromatic rings. The van der Waals surface area contributed by atoms with Crippen LogP contribution in [-0.4, -0.2) is 19.6 Å². The number of hydrogen-bond acceptors (Lipinski definition) is 5. The van der Waals surface area contributed by atoms with Gasteiger partial charge in [-0.1, -0.05) is 49.9 Å². The van der Waals surface area contributed by atoms with Crippen LogP contribution >= 0.6 is 11.6 Å². The Morgan fingerprint density at radius 3 is 2.40 bits per heavy atom. The summed E-state index contributed by atoms with van der Waals surface area (Å²) in [5, 5.41) is 0.975. The fourth-order valence-electron chi connectivity index (χ4n) is 5.23. The molecular weight excluding hydrogens is 526 g/mol. The van der Waals surface area contributed by atoms with Gasteiger partial charge in [0, 0.05) is 10.7 Å². The van der Waals surface area contributed by atoms with Crippen molar-refractivity contribution < 1.29 is 18.7 Å². The molecule has 40 heavy (non-hydrogen) atoms. The van der Waals surface area contributed by atoms with Crippen molar-refractivity contribution in [2.75, 3.05) is 18.6 Å². The number of fused-ring (bicyclic) bond motifs is 2. The molecule has 0 saturated carbocycles. The molecule has 1 unspecified atom stereocenters. The van der Waals surface area contributed by atoms with E-state index in [1.165, 1.54) is 6.42 Å². The first-order chi connectivity index (χ1) is 19.2. The number of amides is 1. The third kappa shape index (κ3) is 4.97. The number of halogens is 1. The third-order valence-corrected chi connectivity index (χ3v) is 8.09. The van der Waals surface area contributed by atoms with Gasteiger partial charge in [0.05, 0.1) is 30.7 Å². The number of rotatable bonds is 9. The van der Waals surface area contributed by atoms with Crippen LogP contribution in [0, 0.1) is 20.8 Å². The Kier molecular flexibility index (Phi) is 7.90. The molecule has 0 fully saturated rings. The van der Waals surface area contributed by atoms with Crippen LogP contribution in [0.15, 0.2) is 57.7 Å². The van der Waals surface area contributed by atoms with Gasteiger partial charge in [0.15, 0.2) is 16.9 Å². The predicted molar refractivity (Wildman–Crippen MR) is 159 cm³/mol. The zero-order chi connectivity index (χ0) is 28.6. The molecule has 3 aromatic carbocycles. The summed E-state index contributed by atoms with van der Waals surface area (Å²) in [5.41, 5.74) is 4.59. The number of nitrogens with zero attached hydrogens (tertiary/aromatic N) is 1. The average molecular weight is 560 g/mol. The molecular formula is C33H34ClNO5. The fraction of sp³-hybridized carbons (Fsp3) is 0.333. The molecule has 1 atom stereocenters. The first kappa shape index (κ1) is 27.8. The summed E-state index contributed by atoms with van der Waals surface area (Å²) in [7, 11) is 1.58. The molecule has 2 heterocycles. The standard InChI is InChI=1S/C33H34ClNO5/c1-6-7-8-9-14-39-26-13-11-22(17-28(26)38-5)30-29-31(36)24-15-20(3)21(4)16-27(24)40-32(29)33(37)35(30)23-12-10-19(2)25(34)18-23/h10-13,15-18,30H,6-9,14H2,1-5H3. The van der Waals surface area contributed by atoms with Crippen LogP contribution in [0.4, 0.5) is 5.69 Å². The number of carbonyl (C=O) groups excluding carboxylic acids is 1. The number of aryl methyl sites for hydroxylation is 3. The molecule has 208 valence electrons. The lowest BCUT2D eigenvalue weighted by atomic mass is 9.96. The Bertz CT molecular complexity index is 1660. The third-order valence-electron chi connectivity index (χ3n) is 7.68. The van der Waals surface area contributed by atoms with E-state index in [2.05, 4.69) is 6.92 Å².